The number of benzene rings is 2. The van der Waals surface area contributed by atoms with Crippen LogP contribution in [0.2, 0.25) is 0 Å². The van der Waals surface area contributed by atoms with E-state index in [-0.39, 0.29) is 28.5 Å². The highest BCUT2D eigenvalue weighted by Gasteiger charge is 2.33. The van der Waals surface area contributed by atoms with E-state index in [1.807, 2.05) is 68.6 Å². The Kier molecular flexibility index (Phi) is 15.9. The summed E-state index contributed by atoms with van der Waals surface area (Å²) >= 11 is 3.04. The molecule has 15 heteroatoms. The number of sulfonamides is 1. The molecule has 0 aliphatic heterocycles. The molecule has 0 saturated carbocycles. The minimum absolute atomic E-state index is 0.0974. The van der Waals surface area contributed by atoms with Gasteiger partial charge in [-0.05, 0) is 63.1 Å². The molecule has 0 unspecified atom stereocenters. The lowest BCUT2D eigenvalue weighted by molar-refractivity contribution is -0.387. The first-order valence-electron chi connectivity index (χ1n) is 19.1. The van der Waals surface area contributed by atoms with E-state index in [0.717, 1.165) is 46.1 Å². The van der Waals surface area contributed by atoms with E-state index in [1.165, 1.54) is 41.8 Å². The van der Waals surface area contributed by atoms with Gasteiger partial charge in [0.1, 0.15) is 5.60 Å². The van der Waals surface area contributed by atoms with Crippen LogP contribution >= 0.6 is 23.5 Å². The van der Waals surface area contributed by atoms with Crippen LogP contribution in [0.4, 0.5) is 11.4 Å². The second kappa shape index (κ2) is 19.7. The molecular weight excluding hydrogens is 743 g/mol. The minimum Gasteiger partial charge on any atom is -0.352 e. The molecule has 2 heterocycles. The Bertz CT molecular complexity index is 1940. The number of ether oxygens (including phenoxy) is 1. The highest BCUT2D eigenvalue weighted by atomic mass is 32.2. The first-order chi connectivity index (χ1) is 25.6. The Morgan fingerprint density at radius 1 is 0.944 bits per heavy atom. The van der Waals surface area contributed by atoms with Gasteiger partial charge in [-0.25, -0.2) is 12.9 Å². The van der Waals surface area contributed by atoms with Crippen molar-refractivity contribution in [2.45, 2.75) is 139 Å². The minimum atomic E-state index is -3.50. The fraction of sp³-hybridized carbons (Fsp3) is 0.590. The molecule has 0 amide bonds. The second-order valence-electron chi connectivity index (χ2n) is 15.1. The number of H-pyrrole nitrogens is 1. The summed E-state index contributed by atoms with van der Waals surface area (Å²) in [5.41, 5.74) is 1.97. The second-order valence-corrected chi connectivity index (χ2v) is 19.3. The Labute approximate surface area is 330 Å². The first-order valence-corrected chi connectivity index (χ1v) is 22.6. The van der Waals surface area contributed by atoms with Gasteiger partial charge in [0.2, 0.25) is 10.0 Å². The van der Waals surface area contributed by atoms with Crippen molar-refractivity contribution in [1.29, 1.82) is 0 Å². The Morgan fingerprint density at radius 3 is 2.33 bits per heavy atom. The molecule has 0 aliphatic carbocycles. The van der Waals surface area contributed by atoms with Gasteiger partial charge in [0.05, 0.1) is 38.6 Å². The van der Waals surface area contributed by atoms with E-state index >= 15 is 0 Å². The van der Waals surface area contributed by atoms with Crippen LogP contribution in [0.5, 0.6) is 0 Å². The van der Waals surface area contributed by atoms with Gasteiger partial charge in [-0.15, -0.1) is 22.0 Å². The average molecular weight is 802 g/mol. The highest BCUT2D eigenvalue weighted by Crippen LogP contribution is 2.43. The van der Waals surface area contributed by atoms with Gasteiger partial charge >= 0.3 is 0 Å². The van der Waals surface area contributed by atoms with Crippen LogP contribution in [0.25, 0.3) is 5.65 Å². The summed E-state index contributed by atoms with van der Waals surface area (Å²) in [5, 5.41) is 27.9. The summed E-state index contributed by atoms with van der Waals surface area (Å²) in [6.07, 6.45) is 8.56. The Balaban J connectivity index is 1.48. The molecule has 0 atom stereocenters. The van der Waals surface area contributed by atoms with E-state index in [1.54, 1.807) is 17.8 Å². The third kappa shape index (κ3) is 11.2. The van der Waals surface area contributed by atoms with Gasteiger partial charge in [-0.3, -0.25) is 24.8 Å². The number of hydrogen-bond acceptors (Lipinski definition) is 10. The lowest BCUT2D eigenvalue weighted by Gasteiger charge is -2.25. The van der Waals surface area contributed by atoms with E-state index in [2.05, 4.69) is 48.3 Å². The number of nitrogens with one attached hydrogen (secondary N) is 2. The van der Waals surface area contributed by atoms with Crippen LogP contribution < -0.4 is 9.62 Å². The molecule has 298 valence electrons. The lowest BCUT2D eigenvalue weighted by Crippen LogP contribution is -2.33. The number of nitro benzene ring substituents is 1. The van der Waals surface area contributed by atoms with Gasteiger partial charge in [0, 0.05) is 29.5 Å². The number of nitro groups is 1. The highest BCUT2D eigenvalue weighted by molar-refractivity contribution is 8.00. The predicted octanol–water partition coefficient (Wildman–Crippen LogP) is 9.82. The molecule has 12 nitrogen and oxygen atoms in total. The number of thioether (sulfide) groups is 1. The van der Waals surface area contributed by atoms with Crippen LogP contribution in [-0.2, 0) is 32.3 Å². The summed E-state index contributed by atoms with van der Waals surface area (Å²) in [6, 6.07) is 13.0. The molecule has 2 N–H and O–H groups in total. The van der Waals surface area contributed by atoms with Gasteiger partial charge in [0.15, 0.2) is 11.5 Å². The quantitative estimate of drug-likeness (QED) is 0.0244. The number of rotatable bonds is 23. The van der Waals surface area contributed by atoms with Crippen LogP contribution in [-0.4, -0.2) is 57.9 Å². The zero-order valence-electron chi connectivity index (χ0n) is 33.2. The number of nitrogens with zero attached hydrogens (tertiary/aromatic N) is 5. The van der Waals surface area contributed by atoms with E-state index < -0.39 is 15.6 Å². The standard InChI is InChI=1S/C39H59N7O5S3/c1-9-12-14-15-16-19-24-52-32-23-22-29(26-31(32)46(47)48)27-40-28-51-39(7,8)37-42-41-36-34(35(38(4,5)6)43-45(36)37)53-33-21-18-17-20-30(33)44(11-3)54(49,50)25-13-10-2/h17-18,20-23,26,40,43H,9-16,19,24-25,27-28H2,1-8H3. The Morgan fingerprint density at radius 2 is 1.65 bits per heavy atom. The fourth-order valence-electron chi connectivity index (χ4n) is 6.11. The summed E-state index contributed by atoms with van der Waals surface area (Å²) in [4.78, 5) is 14.0. The van der Waals surface area contributed by atoms with E-state index in [0.29, 0.717) is 41.6 Å². The fourth-order valence-corrected chi connectivity index (χ4v) is 10.2. The molecule has 4 rings (SSSR count). The molecule has 0 bridgehead atoms. The van der Waals surface area contributed by atoms with Crippen LogP contribution in [0.3, 0.4) is 0 Å². The maximum Gasteiger partial charge on any atom is 0.283 e. The van der Waals surface area contributed by atoms with Crippen LogP contribution in [0.15, 0.2) is 57.2 Å². The van der Waals surface area contributed by atoms with Gasteiger partial charge < -0.3 is 4.74 Å². The van der Waals surface area contributed by atoms with Crippen LogP contribution in [0.1, 0.15) is 124 Å². The summed E-state index contributed by atoms with van der Waals surface area (Å²) in [7, 11) is -3.50. The van der Waals surface area contributed by atoms with E-state index in [9.17, 15) is 18.5 Å². The normalized spacial score (nSPS) is 12.5. The number of aromatic nitrogens is 4. The van der Waals surface area contributed by atoms with Crippen molar-refractivity contribution in [3.63, 3.8) is 0 Å². The molecule has 2 aromatic carbocycles. The molecule has 0 aliphatic rings. The summed E-state index contributed by atoms with van der Waals surface area (Å²) in [5.74, 6) is 1.54. The zero-order chi connectivity index (χ0) is 39.5. The van der Waals surface area contributed by atoms with Crippen molar-refractivity contribution in [1.82, 2.24) is 25.1 Å². The zero-order valence-corrected chi connectivity index (χ0v) is 35.7. The third-order valence-corrected chi connectivity index (χ3v) is 13.4. The molecule has 0 fully saturated rings. The number of unbranched alkanes of at least 4 members (excludes halogenated alkanes) is 6. The number of fused-ring (bicyclic) bond motifs is 1. The summed E-state index contributed by atoms with van der Waals surface area (Å²) < 4.78 is 36.5. The van der Waals surface area contributed by atoms with Gasteiger partial charge in [-0.1, -0.05) is 103 Å². The first kappa shape index (κ1) is 43.6. The maximum atomic E-state index is 13.4. The number of para-hydroxylation sites is 1. The molecule has 2 aromatic heterocycles. The number of anilines is 1. The average Bonchev–Trinajstić information content (AvgIpc) is 3.71. The van der Waals surface area contributed by atoms with Crippen molar-refractivity contribution in [3.05, 3.63) is 69.7 Å². The van der Waals surface area contributed by atoms with Crippen molar-refractivity contribution in [2.24, 2.45) is 0 Å². The van der Waals surface area contributed by atoms with Crippen LogP contribution in [0, 0.1) is 10.1 Å². The summed E-state index contributed by atoms with van der Waals surface area (Å²) in [6.45, 7) is 17.1. The molecule has 0 spiro atoms. The van der Waals surface area contributed by atoms with Crippen molar-refractivity contribution in [3.8, 4) is 0 Å². The molecule has 54 heavy (non-hydrogen) atoms. The maximum absolute atomic E-state index is 13.4. The smallest absolute Gasteiger partial charge is 0.283 e. The van der Waals surface area contributed by atoms with Crippen molar-refractivity contribution < 1.29 is 18.1 Å². The monoisotopic (exact) mass is 801 g/mol. The number of aromatic amines is 1. The largest absolute Gasteiger partial charge is 0.352 e. The SMILES string of the molecule is CCCCCCCCSc1ccc(CNCOC(C)(C)c2nnc3c(Sc4ccccc4N(CC)S(=O)(=O)CCCC)c(C(C)(C)C)[nH]n23)cc1[N+](=O)[O-]. The topological polar surface area (TPSA) is 148 Å². The Hall–Kier alpha value is -3.11. The predicted molar refractivity (Wildman–Crippen MR) is 221 cm³/mol. The number of hydrogen-bond donors (Lipinski definition) is 2. The molecule has 0 saturated heterocycles. The van der Waals surface area contributed by atoms with E-state index in [4.69, 9.17) is 4.74 Å². The van der Waals surface area contributed by atoms with Crippen molar-refractivity contribution in [2.75, 3.05) is 29.1 Å². The third-order valence-electron chi connectivity index (χ3n) is 9.17. The molecule has 4 aromatic rings. The van der Waals surface area contributed by atoms with Gasteiger partial charge in [-0.2, -0.15) is 0 Å². The van der Waals surface area contributed by atoms with Gasteiger partial charge in [0.25, 0.3) is 5.69 Å². The molecule has 0 radical (unpaired) electrons. The lowest BCUT2D eigenvalue weighted by atomic mass is 9.92. The molecular formula is C39H59N7O5S3. The van der Waals surface area contributed by atoms with Crippen molar-refractivity contribution >= 4 is 50.6 Å².